The topological polar surface area (TPSA) is 59.4 Å². The molecule has 1 saturated heterocycles. The van der Waals surface area contributed by atoms with E-state index in [-0.39, 0.29) is 23.1 Å². The minimum atomic E-state index is -0.196. The molecule has 5 heteroatoms. The molecule has 20 heavy (non-hydrogen) atoms. The summed E-state index contributed by atoms with van der Waals surface area (Å²) in [5, 5.41) is 12.2. The fourth-order valence-electron chi connectivity index (χ4n) is 2.17. The summed E-state index contributed by atoms with van der Waals surface area (Å²) >= 11 is 0. The standard InChI is InChI=1S/C15H26N4O/c1-15(2,3)17-11-12(10-16)14(20)19(5)13-6-8-18(4)9-7-13/h11,13,17H,6-9H2,1-5H3/b12-11-. The first kappa shape index (κ1) is 16.5. The van der Waals surface area contributed by atoms with Crippen LogP contribution in [0, 0.1) is 11.3 Å². The van der Waals surface area contributed by atoms with Crippen molar-refractivity contribution < 1.29 is 4.79 Å². The lowest BCUT2D eigenvalue weighted by molar-refractivity contribution is -0.128. The normalized spacial score (nSPS) is 18.5. The molecule has 0 saturated carbocycles. The van der Waals surface area contributed by atoms with E-state index in [9.17, 15) is 4.79 Å². The molecule has 0 aromatic carbocycles. The van der Waals surface area contributed by atoms with Crippen molar-refractivity contribution in [3.8, 4) is 6.07 Å². The second-order valence-electron chi connectivity index (χ2n) is 6.51. The summed E-state index contributed by atoms with van der Waals surface area (Å²) in [4.78, 5) is 16.3. The van der Waals surface area contributed by atoms with Crippen LogP contribution in [0.2, 0.25) is 0 Å². The van der Waals surface area contributed by atoms with E-state index in [1.807, 2.05) is 26.8 Å². The number of rotatable bonds is 3. The maximum absolute atomic E-state index is 12.4. The number of amides is 1. The highest BCUT2D eigenvalue weighted by molar-refractivity contribution is 5.97. The molecule has 5 nitrogen and oxygen atoms in total. The third-order valence-electron chi connectivity index (χ3n) is 3.56. The quantitative estimate of drug-likeness (QED) is 0.625. The highest BCUT2D eigenvalue weighted by atomic mass is 16.2. The van der Waals surface area contributed by atoms with Crippen molar-refractivity contribution in [1.82, 2.24) is 15.1 Å². The molecule has 1 heterocycles. The summed E-state index contributed by atoms with van der Waals surface area (Å²) in [6, 6.07) is 2.23. The molecule has 1 N–H and O–H groups in total. The van der Waals surface area contributed by atoms with Gasteiger partial charge in [-0.25, -0.2) is 0 Å². The minimum absolute atomic E-state index is 0.158. The molecule has 1 rings (SSSR count). The Labute approximate surface area is 122 Å². The molecule has 112 valence electrons. The number of likely N-dealkylation sites (N-methyl/N-ethyl adjacent to an activating group) is 1. The Morgan fingerprint density at radius 2 is 1.95 bits per heavy atom. The molecule has 1 amide bonds. The van der Waals surface area contributed by atoms with Crippen molar-refractivity contribution in [2.24, 2.45) is 0 Å². The van der Waals surface area contributed by atoms with Crippen LogP contribution in [0.15, 0.2) is 11.8 Å². The maximum atomic E-state index is 12.4. The Bertz CT molecular complexity index is 409. The maximum Gasteiger partial charge on any atom is 0.265 e. The third-order valence-corrected chi connectivity index (χ3v) is 3.56. The van der Waals surface area contributed by atoms with Crippen LogP contribution in [0.1, 0.15) is 33.6 Å². The van der Waals surface area contributed by atoms with Gasteiger partial charge in [0, 0.05) is 24.8 Å². The SMILES string of the molecule is CN1CCC(N(C)C(=O)/C(C#N)=C\NC(C)(C)C)CC1. The van der Waals surface area contributed by atoms with Gasteiger partial charge in [-0.2, -0.15) is 5.26 Å². The molecular weight excluding hydrogens is 252 g/mol. The van der Waals surface area contributed by atoms with Gasteiger partial charge in [0.05, 0.1) is 0 Å². The first-order valence-corrected chi connectivity index (χ1v) is 7.08. The molecule has 1 aliphatic heterocycles. The van der Waals surface area contributed by atoms with Crippen LogP contribution in [0.4, 0.5) is 0 Å². The highest BCUT2D eigenvalue weighted by Gasteiger charge is 2.26. The predicted octanol–water partition coefficient (Wildman–Crippen LogP) is 1.33. The minimum Gasteiger partial charge on any atom is -0.385 e. The molecule has 0 aliphatic carbocycles. The predicted molar refractivity (Wildman–Crippen MR) is 79.9 cm³/mol. The van der Waals surface area contributed by atoms with E-state index in [1.54, 1.807) is 11.9 Å². The number of nitrogens with zero attached hydrogens (tertiary/aromatic N) is 3. The van der Waals surface area contributed by atoms with Crippen LogP contribution < -0.4 is 5.32 Å². The monoisotopic (exact) mass is 278 g/mol. The van der Waals surface area contributed by atoms with E-state index in [1.165, 1.54) is 6.20 Å². The molecule has 0 radical (unpaired) electrons. The summed E-state index contributed by atoms with van der Waals surface area (Å²) in [5.74, 6) is -0.196. The Balaban J connectivity index is 2.69. The zero-order valence-electron chi connectivity index (χ0n) is 13.2. The number of piperidine rings is 1. The number of carbonyl (C=O) groups excluding carboxylic acids is 1. The van der Waals surface area contributed by atoms with Crippen LogP contribution in [-0.2, 0) is 4.79 Å². The molecule has 0 aromatic heterocycles. The fraction of sp³-hybridized carbons (Fsp3) is 0.733. The van der Waals surface area contributed by atoms with Crippen molar-refractivity contribution in [2.75, 3.05) is 27.2 Å². The Morgan fingerprint density at radius 3 is 2.40 bits per heavy atom. The summed E-state index contributed by atoms with van der Waals surface area (Å²) in [7, 11) is 3.88. The van der Waals surface area contributed by atoms with Gasteiger partial charge < -0.3 is 15.1 Å². The van der Waals surface area contributed by atoms with E-state index in [2.05, 4.69) is 17.3 Å². The van der Waals surface area contributed by atoms with Crippen molar-refractivity contribution in [1.29, 1.82) is 5.26 Å². The number of carbonyl (C=O) groups is 1. The summed E-state index contributed by atoms with van der Waals surface area (Å²) in [5.41, 5.74) is 0.00969. The van der Waals surface area contributed by atoms with Crippen molar-refractivity contribution in [3.05, 3.63) is 11.8 Å². The molecule has 0 bridgehead atoms. The zero-order valence-corrected chi connectivity index (χ0v) is 13.2. The summed E-state index contributed by atoms with van der Waals surface area (Å²) in [6.45, 7) is 7.96. The highest BCUT2D eigenvalue weighted by Crippen LogP contribution is 2.16. The first-order valence-electron chi connectivity index (χ1n) is 7.08. The third kappa shape index (κ3) is 4.86. The smallest absolute Gasteiger partial charge is 0.265 e. The molecule has 0 aromatic rings. The van der Waals surface area contributed by atoms with Crippen LogP contribution in [0.5, 0.6) is 0 Å². The second kappa shape index (κ2) is 6.76. The summed E-state index contributed by atoms with van der Waals surface area (Å²) in [6.07, 6.45) is 3.46. The fourth-order valence-corrected chi connectivity index (χ4v) is 2.17. The van der Waals surface area contributed by atoms with Gasteiger partial charge in [-0.1, -0.05) is 0 Å². The van der Waals surface area contributed by atoms with Gasteiger partial charge in [-0.05, 0) is 53.8 Å². The number of likely N-dealkylation sites (tertiary alicyclic amines) is 1. The van der Waals surface area contributed by atoms with Crippen molar-refractivity contribution in [3.63, 3.8) is 0 Å². The second-order valence-corrected chi connectivity index (χ2v) is 6.51. The van der Waals surface area contributed by atoms with Gasteiger partial charge in [0.25, 0.3) is 5.91 Å². The van der Waals surface area contributed by atoms with Gasteiger partial charge in [-0.15, -0.1) is 0 Å². The molecule has 0 atom stereocenters. The molecule has 0 unspecified atom stereocenters. The van der Waals surface area contributed by atoms with Crippen LogP contribution >= 0.6 is 0 Å². The van der Waals surface area contributed by atoms with Crippen LogP contribution in [-0.4, -0.2) is 54.5 Å². The largest absolute Gasteiger partial charge is 0.385 e. The van der Waals surface area contributed by atoms with Gasteiger partial charge in [0.2, 0.25) is 0 Å². The van der Waals surface area contributed by atoms with Crippen LogP contribution in [0.25, 0.3) is 0 Å². The van der Waals surface area contributed by atoms with Crippen molar-refractivity contribution >= 4 is 5.91 Å². The number of nitrogens with one attached hydrogen (secondary N) is 1. The van der Waals surface area contributed by atoms with E-state index in [4.69, 9.17) is 5.26 Å². The van der Waals surface area contributed by atoms with Crippen molar-refractivity contribution in [2.45, 2.75) is 45.2 Å². The zero-order chi connectivity index (χ0) is 15.3. The van der Waals surface area contributed by atoms with Gasteiger partial charge in [0.1, 0.15) is 11.6 Å². The Hall–Kier alpha value is -1.54. The summed E-state index contributed by atoms with van der Waals surface area (Å²) < 4.78 is 0. The molecule has 1 aliphatic rings. The molecule has 0 spiro atoms. The van der Waals surface area contributed by atoms with Gasteiger partial charge in [0.15, 0.2) is 0 Å². The lowest BCUT2D eigenvalue weighted by atomic mass is 10.0. The first-order chi connectivity index (χ1) is 9.24. The molecule has 1 fully saturated rings. The lowest BCUT2D eigenvalue weighted by Gasteiger charge is -2.35. The lowest BCUT2D eigenvalue weighted by Crippen LogP contribution is -2.45. The van der Waals surface area contributed by atoms with E-state index < -0.39 is 0 Å². The van der Waals surface area contributed by atoms with Crippen LogP contribution in [0.3, 0.4) is 0 Å². The average Bonchev–Trinajstić information content (AvgIpc) is 2.38. The Morgan fingerprint density at radius 1 is 1.40 bits per heavy atom. The van der Waals surface area contributed by atoms with E-state index >= 15 is 0 Å². The number of hydrogen-bond donors (Lipinski definition) is 1. The average molecular weight is 278 g/mol. The Kier molecular flexibility index (Phi) is 5.58. The van der Waals surface area contributed by atoms with E-state index in [0.717, 1.165) is 25.9 Å². The molecular formula is C15H26N4O. The van der Waals surface area contributed by atoms with Gasteiger partial charge >= 0.3 is 0 Å². The van der Waals surface area contributed by atoms with E-state index in [0.29, 0.717) is 0 Å². The number of nitriles is 1. The number of hydrogen-bond acceptors (Lipinski definition) is 4. The van der Waals surface area contributed by atoms with Gasteiger partial charge in [-0.3, -0.25) is 4.79 Å².